The molecule has 0 spiro atoms. The summed E-state index contributed by atoms with van der Waals surface area (Å²) in [7, 11) is 0. The van der Waals surface area contributed by atoms with Crippen LogP contribution in [0.3, 0.4) is 0 Å². The lowest BCUT2D eigenvalue weighted by molar-refractivity contribution is -0.128. The number of ether oxygens (including phenoxy) is 1. The summed E-state index contributed by atoms with van der Waals surface area (Å²) in [4.78, 5) is 28.1. The van der Waals surface area contributed by atoms with Crippen LogP contribution in [0.15, 0.2) is 48.5 Å². The second-order valence-electron chi connectivity index (χ2n) is 5.95. The molecule has 0 aliphatic carbocycles. The number of aromatic nitrogens is 1. The second-order valence-corrected chi connectivity index (χ2v) is 7.01. The lowest BCUT2D eigenvalue weighted by Gasteiger charge is -2.10. The van der Waals surface area contributed by atoms with Crippen LogP contribution in [0.1, 0.15) is 16.1 Å². The number of nitrogens with zero attached hydrogens (tertiary/aromatic N) is 1. The molecule has 2 aromatic carbocycles. The van der Waals surface area contributed by atoms with Gasteiger partial charge in [-0.3, -0.25) is 20.4 Å². The van der Waals surface area contributed by atoms with E-state index < -0.39 is 11.8 Å². The Labute approximate surface area is 160 Å². The van der Waals surface area contributed by atoms with Gasteiger partial charge in [0, 0.05) is 6.08 Å². The maximum absolute atomic E-state index is 11.8. The predicted octanol–water partition coefficient (Wildman–Crippen LogP) is 3.15. The number of fused-ring (bicyclic) bond motifs is 1. The van der Waals surface area contributed by atoms with Crippen LogP contribution in [-0.2, 0) is 9.59 Å². The molecule has 0 unspecified atom stereocenters. The van der Waals surface area contributed by atoms with E-state index >= 15 is 0 Å². The topological polar surface area (TPSA) is 80.3 Å². The van der Waals surface area contributed by atoms with E-state index in [1.807, 2.05) is 56.3 Å². The molecule has 0 fully saturated rings. The molecule has 0 bridgehead atoms. The zero-order valence-corrected chi connectivity index (χ0v) is 15.8. The first-order valence-corrected chi connectivity index (χ1v) is 9.15. The monoisotopic (exact) mass is 381 g/mol. The molecule has 3 aromatic rings. The number of benzene rings is 2. The molecule has 0 saturated carbocycles. The molecule has 138 valence electrons. The van der Waals surface area contributed by atoms with Crippen molar-refractivity contribution in [2.45, 2.75) is 13.8 Å². The minimum atomic E-state index is -0.450. The number of hydrazine groups is 1. The highest BCUT2D eigenvalue weighted by atomic mass is 32.1. The fraction of sp³-hybridized carbons (Fsp3) is 0.150. The zero-order chi connectivity index (χ0) is 19.2. The fourth-order valence-electron chi connectivity index (χ4n) is 2.32. The van der Waals surface area contributed by atoms with Crippen molar-refractivity contribution in [3.8, 4) is 5.75 Å². The Morgan fingerprint density at radius 2 is 1.96 bits per heavy atom. The Morgan fingerprint density at radius 1 is 1.15 bits per heavy atom. The third-order valence-corrected chi connectivity index (χ3v) is 4.72. The molecule has 0 radical (unpaired) electrons. The maximum Gasteiger partial charge on any atom is 0.276 e. The normalized spacial score (nSPS) is 10.9. The van der Waals surface area contributed by atoms with Gasteiger partial charge in [-0.2, -0.15) is 0 Å². The van der Waals surface area contributed by atoms with Gasteiger partial charge in [0.2, 0.25) is 0 Å². The summed E-state index contributed by atoms with van der Waals surface area (Å²) in [5, 5.41) is 0.718. The number of carbonyl (C=O) groups is 2. The molecule has 7 heteroatoms. The van der Waals surface area contributed by atoms with E-state index in [1.54, 1.807) is 6.08 Å². The summed E-state index contributed by atoms with van der Waals surface area (Å²) < 4.78 is 6.54. The highest BCUT2D eigenvalue weighted by Crippen LogP contribution is 2.22. The zero-order valence-electron chi connectivity index (χ0n) is 15.0. The minimum absolute atomic E-state index is 0.188. The summed E-state index contributed by atoms with van der Waals surface area (Å²) in [6, 6.07) is 13.5. The molecule has 1 heterocycles. The van der Waals surface area contributed by atoms with Crippen molar-refractivity contribution in [2.75, 3.05) is 6.61 Å². The van der Waals surface area contributed by atoms with Gasteiger partial charge >= 0.3 is 0 Å². The molecule has 0 aliphatic heterocycles. The van der Waals surface area contributed by atoms with Crippen molar-refractivity contribution in [1.82, 2.24) is 15.8 Å². The van der Waals surface area contributed by atoms with Crippen molar-refractivity contribution < 1.29 is 14.3 Å². The van der Waals surface area contributed by atoms with E-state index in [2.05, 4.69) is 15.8 Å². The van der Waals surface area contributed by atoms with Crippen LogP contribution in [0.4, 0.5) is 0 Å². The van der Waals surface area contributed by atoms with Gasteiger partial charge in [-0.25, -0.2) is 4.98 Å². The summed E-state index contributed by atoms with van der Waals surface area (Å²) >= 11 is 1.49. The third kappa shape index (κ3) is 5.15. The van der Waals surface area contributed by atoms with Gasteiger partial charge in [0.25, 0.3) is 11.8 Å². The lowest BCUT2D eigenvalue weighted by atomic mass is 10.1. The summed E-state index contributed by atoms with van der Waals surface area (Å²) in [5.74, 6) is -0.251. The van der Waals surface area contributed by atoms with Crippen LogP contribution < -0.4 is 15.6 Å². The van der Waals surface area contributed by atoms with Crippen molar-refractivity contribution >= 4 is 39.4 Å². The standard InChI is InChI=1S/C20H19N3O3S/c1-13-7-8-14(2)16(11-13)26-12-19(25)23-22-18(24)9-10-20-21-15-5-3-4-6-17(15)27-20/h3-11H,12H2,1-2H3,(H,22,24)(H,23,25). The minimum Gasteiger partial charge on any atom is -0.483 e. The number of carbonyl (C=O) groups excluding carboxylic acids is 2. The van der Waals surface area contributed by atoms with Gasteiger partial charge in [-0.1, -0.05) is 24.3 Å². The van der Waals surface area contributed by atoms with E-state index in [9.17, 15) is 9.59 Å². The van der Waals surface area contributed by atoms with E-state index in [-0.39, 0.29) is 6.61 Å². The van der Waals surface area contributed by atoms with Gasteiger partial charge in [0.1, 0.15) is 10.8 Å². The number of amides is 2. The average Bonchev–Trinajstić information content (AvgIpc) is 3.08. The van der Waals surface area contributed by atoms with Crippen LogP contribution in [-0.4, -0.2) is 23.4 Å². The molecule has 6 nitrogen and oxygen atoms in total. The number of hydrogen-bond donors (Lipinski definition) is 2. The number of rotatable bonds is 5. The molecule has 2 amide bonds. The third-order valence-electron chi connectivity index (χ3n) is 3.72. The second kappa shape index (κ2) is 8.46. The molecule has 0 saturated heterocycles. The largest absolute Gasteiger partial charge is 0.483 e. The quantitative estimate of drug-likeness (QED) is 0.526. The number of para-hydroxylation sites is 1. The molecular formula is C20H19N3O3S. The Bertz CT molecular complexity index is 978. The van der Waals surface area contributed by atoms with Crippen molar-refractivity contribution in [3.63, 3.8) is 0 Å². The van der Waals surface area contributed by atoms with Crippen LogP contribution in [0.25, 0.3) is 16.3 Å². The van der Waals surface area contributed by atoms with Crippen molar-refractivity contribution in [2.24, 2.45) is 0 Å². The van der Waals surface area contributed by atoms with Crippen molar-refractivity contribution in [3.05, 3.63) is 64.7 Å². The number of nitrogens with one attached hydrogen (secondary N) is 2. The molecule has 27 heavy (non-hydrogen) atoms. The van der Waals surface area contributed by atoms with E-state index in [0.29, 0.717) is 5.75 Å². The van der Waals surface area contributed by atoms with Gasteiger partial charge < -0.3 is 4.74 Å². The highest BCUT2D eigenvalue weighted by molar-refractivity contribution is 7.19. The smallest absolute Gasteiger partial charge is 0.276 e. The summed E-state index contributed by atoms with van der Waals surface area (Å²) in [5.41, 5.74) is 7.51. The SMILES string of the molecule is Cc1ccc(C)c(OCC(=O)NNC(=O)C=Cc2nc3ccccc3s2)c1. The first kappa shape index (κ1) is 18.6. The first-order chi connectivity index (χ1) is 13.0. The Kier molecular flexibility index (Phi) is 5.83. The number of hydrogen-bond acceptors (Lipinski definition) is 5. The molecule has 0 aliphatic rings. The Balaban J connectivity index is 1.46. The van der Waals surface area contributed by atoms with E-state index in [4.69, 9.17) is 4.74 Å². The predicted molar refractivity (Wildman–Crippen MR) is 106 cm³/mol. The molecule has 3 rings (SSSR count). The molecule has 2 N–H and O–H groups in total. The lowest BCUT2D eigenvalue weighted by Crippen LogP contribution is -2.43. The average molecular weight is 381 g/mol. The van der Waals surface area contributed by atoms with Crippen LogP contribution in [0.5, 0.6) is 5.75 Å². The summed E-state index contributed by atoms with van der Waals surface area (Å²) in [6.45, 7) is 3.66. The number of thiazole rings is 1. The molecular weight excluding hydrogens is 362 g/mol. The Hall–Kier alpha value is -3.19. The maximum atomic E-state index is 11.8. The van der Waals surface area contributed by atoms with Gasteiger partial charge in [-0.15, -0.1) is 11.3 Å². The van der Waals surface area contributed by atoms with Crippen molar-refractivity contribution in [1.29, 1.82) is 0 Å². The van der Waals surface area contributed by atoms with Gasteiger partial charge in [0.05, 0.1) is 10.2 Å². The van der Waals surface area contributed by atoms with Crippen LogP contribution >= 0.6 is 11.3 Å². The van der Waals surface area contributed by atoms with E-state index in [0.717, 1.165) is 26.4 Å². The van der Waals surface area contributed by atoms with Crippen LogP contribution in [0, 0.1) is 13.8 Å². The van der Waals surface area contributed by atoms with Crippen LogP contribution in [0.2, 0.25) is 0 Å². The summed E-state index contributed by atoms with van der Waals surface area (Å²) in [6.07, 6.45) is 2.93. The van der Waals surface area contributed by atoms with Gasteiger partial charge in [-0.05, 0) is 49.2 Å². The highest BCUT2D eigenvalue weighted by Gasteiger charge is 2.06. The number of aryl methyl sites for hydroxylation is 2. The Morgan fingerprint density at radius 3 is 2.78 bits per heavy atom. The first-order valence-electron chi connectivity index (χ1n) is 8.34. The van der Waals surface area contributed by atoms with Gasteiger partial charge in [0.15, 0.2) is 6.61 Å². The molecule has 0 atom stereocenters. The molecule has 1 aromatic heterocycles. The fourth-order valence-corrected chi connectivity index (χ4v) is 3.19. The van der Waals surface area contributed by atoms with E-state index in [1.165, 1.54) is 17.4 Å².